The number of nitrogens with two attached hydrogens (primary N) is 1. The first-order valence-corrected chi connectivity index (χ1v) is 12.1. The van der Waals surface area contributed by atoms with Gasteiger partial charge in [-0.3, -0.25) is 0 Å². The number of alkyl halides is 2. The molecule has 0 aromatic heterocycles. The quantitative estimate of drug-likeness (QED) is 0.176. The summed E-state index contributed by atoms with van der Waals surface area (Å²) in [5.41, 5.74) is 3.79. The monoisotopic (exact) mass is 488 g/mol. The Morgan fingerprint density at radius 2 is 1.97 bits per heavy atom. The largest absolute Gasteiger partial charge is 0.341 e. The van der Waals surface area contributed by atoms with E-state index in [-0.39, 0.29) is 6.42 Å². The summed E-state index contributed by atoms with van der Waals surface area (Å²) in [5.74, 6) is 5.94. The van der Waals surface area contributed by atoms with Crippen LogP contribution in [0.25, 0.3) is 5.57 Å². The highest BCUT2D eigenvalue weighted by molar-refractivity contribution is 7.97. The fourth-order valence-corrected chi connectivity index (χ4v) is 4.81. The summed E-state index contributed by atoms with van der Waals surface area (Å²) in [6.07, 6.45) is -2.99. The average Bonchev–Trinajstić information content (AvgIpc) is 2.77. The Kier molecular flexibility index (Phi) is 8.85. The predicted molar refractivity (Wildman–Crippen MR) is 137 cm³/mol. The van der Waals surface area contributed by atoms with E-state index in [9.17, 15) is 8.78 Å². The summed E-state index contributed by atoms with van der Waals surface area (Å²) in [7, 11) is 0. The fraction of sp³-hybridized carbons (Fsp3) is 0.346. The van der Waals surface area contributed by atoms with Gasteiger partial charge in [0, 0.05) is 48.1 Å². The molecular weight excluding hydrogens is 457 g/mol. The van der Waals surface area contributed by atoms with E-state index >= 15 is 4.39 Å². The Morgan fingerprint density at radius 1 is 1.24 bits per heavy atom. The van der Waals surface area contributed by atoms with Crippen molar-refractivity contribution in [3.8, 4) is 0 Å². The molecule has 0 saturated carbocycles. The summed E-state index contributed by atoms with van der Waals surface area (Å²) >= 11 is 1.81. The Balaban J connectivity index is 1.81. The maximum absolute atomic E-state index is 15.2. The van der Waals surface area contributed by atoms with Crippen molar-refractivity contribution in [2.75, 3.05) is 23.7 Å². The molecule has 0 unspecified atom stereocenters. The van der Waals surface area contributed by atoms with Crippen LogP contribution in [-0.4, -0.2) is 35.3 Å². The number of hydrogen-bond acceptors (Lipinski definition) is 5. The Morgan fingerprint density at radius 3 is 2.56 bits per heavy atom. The van der Waals surface area contributed by atoms with Crippen LogP contribution in [-0.2, 0) is 6.54 Å². The van der Waals surface area contributed by atoms with Crippen molar-refractivity contribution in [2.45, 2.75) is 33.2 Å². The van der Waals surface area contributed by atoms with Crippen LogP contribution < -0.4 is 10.7 Å². The van der Waals surface area contributed by atoms with Crippen molar-refractivity contribution in [2.24, 2.45) is 16.9 Å². The molecule has 2 aromatic rings. The zero-order valence-corrected chi connectivity index (χ0v) is 20.4. The van der Waals surface area contributed by atoms with Gasteiger partial charge < -0.3 is 10.7 Å². The summed E-state index contributed by atoms with van der Waals surface area (Å²) in [4.78, 5) is 2.06. The molecule has 0 aliphatic carbocycles. The molecule has 182 valence electrons. The molecule has 1 aliphatic rings. The third-order valence-corrected chi connectivity index (χ3v) is 6.81. The number of rotatable bonds is 11. The first-order valence-electron chi connectivity index (χ1n) is 11.2. The lowest BCUT2D eigenvalue weighted by atomic mass is 9.97. The van der Waals surface area contributed by atoms with Crippen LogP contribution >= 0.6 is 11.9 Å². The fourth-order valence-electron chi connectivity index (χ4n) is 3.88. The standard InChI is InChI=1S/C26H31F3N4S/c1-5-34-32-14-22(15-32)19(4)33(23-8-6-7-17(2)11-23)16-21-10-9-20(13-24(21)27)18(3)12-25(31-30)26(28)29/h6-11,13,22,26H,3-5,12,14-16,30H2,1-2H3/b31-25+. The van der Waals surface area contributed by atoms with Crippen LogP contribution in [0.4, 0.5) is 18.9 Å². The van der Waals surface area contributed by atoms with Gasteiger partial charge in [-0.2, -0.15) is 5.10 Å². The molecule has 1 saturated heterocycles. The highest BCUT2D eigenvalue weighted by atomic mass is 32.2. The van der Waals surface area contributed by atoms with Crippen LogP contribution in [0.2, 0.25) is 0 Å². The van der Waals surface area contributed by atoms with E-state index in [1.54, 1.807) is 12.1 Å². The molecule has 3 rings (SSSR count). The number of halogens is 3. The van der Waals surface area contributed by atoms with E-state index in [1.165, 1.54) is 6.07 Å². The zero-order chi connectivity index (χ0) is 24.8. The predicted octanol–water partition coefficient (Wildman–Crippen LogP) is 6.24. The van der Waals surface area contributed by atoms with Gasteiger partial charge in [-0.05, 0) is 41.8 Å². The molecule has 0 spiro atoms. The van der Waals surface area contributed by atoms with E-state index in [0.717, 1.165) is 35.8 Å². The molecule has 8 heteroatoms. The number of hydrogen-bond donors (Lipinski definition) is 1. The van der Waals surface area contributed by atoms with Gasteiger partial charge in [-0.25, -0.2) is 17.5 Å². The summed E-state index contributed by atoms with van der Waals surface area (Å²) in [6, 6.07) is 12.8. The average molecular weight is 489 g/mol. The molecule has 0 bridgehead atoms. The molecule has 34 heavy (non-hydrogen) atoms. The van der Waals surface area contributed by atoms with Gasteiger partial charge in [-0.1, -0.05) is 56.3 Å². The van der Waals surface area contributed by atoms with E-state index in [0.29, 0.717) is 29.2 Å². The number of anilines is 1. The number of aryl methyl sites for hydroxylation is 1. The van der Waals surface area contributed by atoms with Crippen molar-refractivity contribution in [1.29, 1.82) is 0 Å². The Hall–Kier alpha value is -2.71. The first-order chi connectivity index (χ1) is 16.2. The van der Waals surface area contributed by atoms with E-state index < -0.39 is 18.0 Å². The van der Waals surface area contributed by atoms with Crippen molar-refractivity contribution in [1.82, 2.24) is 4.31 Å². The van der Waals surface area contributed by atoms with Crippen LogP contribution in [0.5, 0.6) is 0 Å². The second kappa shape index (κ2) is 11.6. The topological polar surface area (TPSA) is 44.9 Å². The first kappa shape index (κ1) is 25.9. The second-order valence-electron chi connectivity index (χ2n) is 8.39. The SMILES string of the molecule is C=C(C/C(=N\N)C(F)F)c1ccc(CN(C(=C)C2CN(SCC)C2)c2cccc(C)c2)c(F)c1. The van der Waals surface area contributed by atoms with Gasteiger partial charge in [-0.15, -0.1) is 0 Å². The van der Waals surface area contributed by atoms with E-state index in [4.69, 9.17) is 5.84 Å². The van der Waals surface area contributed by atoms with Crippen molar-refractivity contribution >= 4 is 28.9 Å². The summed E-state index contributed by atoms with van der Waals surface area (Å²) in [6.45, 7) is 14.5. The van der Waals surface area contributed by atoms with Gasteiger partial charge in [0.1, 0.15) is 11.5 Å². The molecule has 2 N–H and O–H groups in total. The van der Waals surface area contributed by atoms with Crippen molar-refractivity contribution < 1.29 is 13.2 Å². The lowest BCUT2D eigenvalue weighted by molar-refractivity contribution is 0.223. The molecule has 0 amide bonds. The highest BCUT2D eigenvalue weighted by Crippen LogP contribution is 2.34. The minimum Gasteiger partial charge on any atom is -0.341 e. The molecule has 0 radical (unpaired) electrons. The van der Waals surface area contributed by atoms with Crippen LogP contribution in [0.1, 0.15) is 30.0 Å². The minimum absolute atomic E-state index is 0.215. The van der Waals surface area contributed by atoms with Crippen LogP contribution in [0.15, 0.2) is 66.4 Å². The third-order valence-electron chi connectivity index (χ3n) is 5.89. The number of nitrogens with zero attached hydrogens (tertiary/aromatic N) is 3. The van der Waals surface area contributed by atoms with Gasteiger partial charge in [0.2, 0.25) is 0 Å². The molecular formula is C26H31F3N4S. The van der Waals surface area contributed by atoms with Gasteiger partial charge >= 0.3 is 0 Å². The Labute approximate surface area is 204 Å². The van der Waals surface area contributed by atoms with Gasteiger partial charge in [0.25, 0.3) is 6.43 Å². The normalized spacial score (nSPS) is 14.8. The maximum atomic E-state index is 15.2. The van der Waals surface area contributed by atoms with Crippen LogP contribution in [0, 0.1) is 18.7 Å². The highest BCUT2D eigenvalue weighted by Gasteiger charge is 2.32. The van der Waals surface area contributed by atoms with Gasteiger partial charge in [0.15, 0.2) is 0 Å². The summed E-state index contributed by atoms with van der Waals surface area (Å²) < 4.78 is 43.4. The summed E-state index contributed by atoms with van der Waals surface area (Å²) in [5, 5.41) is 3.13. The lowest BCUT2D eigenvalue weighted by Gasteiger charge is -2.42. The number of hydrazone groups is 1. The Bertz CT molecular complexity index is 1060. The molecule has 2 aromatic carbocycles. The molecule has 1 heterocycles. The molecule has 4 nitrogen and oxygen atoms in total. The van der Waals surface area contributed by atoms with Crippen LogP contribution in [0.3, 0.4) is 0 Å². The van der Waals surface area contributed by atoms with Crippen molar-refractivity contribution in [3.63, 3.8) is 0 Å². The maximum Gasteiger partial charge on any atom is 0.278 e. The van der Waals surface area contributed by atoms with Gasteiger partial charge in [0.05, 0.1) is 6.54 Å². The molecule has 0 atom stereocenters. The van der Waals surface area contributed by atoms with E-state index in [2.05, 4.69) is 40.5 Å². The second-order valence-corrected chi connectivity index (χ2v) is 9.74. The number of allylic oxidation sites excluding steroid dienone is 1. The molecule has 1 fully saturated rings. The van der Waals surface area contributed by atoms with E-state index in [1.807, 2.05) is 37.1 Å². The third kappa shape index (κ3) is 6.24. The molecule has 1 aliphatic heterocycles. The van der Waals surface area contributed by atoms with Crippen molar-refractivity contribution in [3.05, 3.63) is 83.8 Å². The smallest absolute Gasteiger partial charge is 0.278 e. The lowest BCUT2D eigenvalue weighted by Crippen LogP contribution is -2.46. The zero-order valence-electron chi connectivity index (χ0n) is 19.6. The minimum atomic E-state index is -2.78. The number of benzene rings is 2.